The van der Waals surface area contributed by atoms with Crippen molar-refractivity contribution in [2.24, 2.45) is 5.92 Å². The van der Waals surface area contributed by atoms with Gasteiger partial charge in [0.2, 0.25) is 17.6 Å². The molecule has 0 saturated heterocycles. The van der Waals surface area contributed by atoms with E-state index in [1.807, 2.05) is 48.7 Å². The molecular formula is C35H45N7O4S2. The molecule has 0 saturated carbocycles. The van der Waals surface area contributed by atoms with Gasteiger partial charge in [-0.25, -0.2) is 4.79 Å². The summed E-state index contributed by atoms with van der Waals surface area (Å²) >= 11 is 3.15. The molecule has 48 heavy (non-hydrogen) atoms. The first-order valence-electron chi connectivity index (χ1n) is 16.1. The number of H-pyrrole nitrogens is 1. The van der Waals surface area contributed by atoms with Crippen LogP contribution in [-0.2, 0) is 31.4 Å². The summed E-state index contributed by atoms with van der Waals surface area (Å²) in [5.74, 6) is 1.63. The van der Waals surface area contributed by atoms with Crippen LogP contribution in [0.4, 0.5) is 0 Å². The summed E-state index contributed by atoms with van der Waals surface area (Å²) in [5.41, 5.74) is 3.05. The average molecular weight is 692 g/mol. The van der Waals surface area contributed by atoms with Crippen LogP contribution in [0.5, 0.6) is 0 Å². The number of nitrogens with one attached hydrogen (secondary N) is 3. The van der Waals surface area contributed by atoms with Gasteiger partial charge in [0.1, 0.15) is 6.04 Å². The fraction of sp³-hybridized carbons (Fsp3) is 0.429. The number of esters is 1. The number of benzene rings is 3. The number of hydrogen-bond acceptors (Lipinski definition) is 10. The molecular weight excluding hydrogens is 647 g/mol. The molecule has 0 aliphatic carbocycles. The van der Waals surface area contributed by atoms with Crippen molar-refractivity contribution in [1.29, 1.82) is 0 Å². The number of tetrazole rings is 1. The molecule has 1 heterocycles. The fourth-order valence-corrected chi connectivity index (χ4v) is 6.67. The largest absolute Gasteiger partial charge is 0.467 e. The van der Waals surface area contributed by atoms with Gasteiger partial charge >= 0.3 is 5.97 Å². The molecule has 1 aromatic heterocycles. The maximum Gasteiger partial charge on any atom is 0.328 e. The fourth-order valence-electron chi connectivity index (χ4n) is 5.40. The van der Waals surface area contributed by atoms with Crippen molar-refractivity contribution in [2.45, 2.75) is 51.1 Å². The highest BCUT2D eigenvalue weighted by Gasteiger charge is 2.26. The van der Waals surface area contributed by atoms with Gasteiger partial charge in [-0.1, -0.05) is 87.0 Å². The third-order valence-corrected chi connectivity index (χ3v) is 9.91. The Morgan fingerprint density at radius 1 is 1.00 bits per heavy atom. The number of ether oxygens (including phenoxy) is 1. The van der Waals surface area contributed by atoms with Crippen molar-refractivity contribution in [1.82, 2.24) is 36.2 Å². The predicted molar refractivity (Wildman–Crippen MR) is 193 cm³/mol. The van der Waals surface area contributed by atoms with E-state index in [9.17, 15) is 14.4 Å². The lowest BCUT2D eigenvalue weighted by atomic mass is 9.97. The van der Waals surface area contributed by atoms with Crippen LogP contribution in [0.1, 0.15) is 37.8 Å². The number of aromatic amines is 1. The van der Waals surface area contributed by atoms with Gasteiger partial charge in [-0.15, -0.1) is 22.0 Å². The van der Waals surface area contributed by atoms with E-state index in [0.717, 1.165) is 33.9 Å². The van der Waals surface area contributed by atoms with Gasteiger partial charge in [0.15, 0.2) is 0 Å². The molecule has 2 amide bonds. The van der Waals surface area contributed by atoms with Crippen LogP contribution in [0.25, 0.3) is 22.2 Å². The number of methoxy groups -OCH3 is 1. The Hall–Kier alpha value is -3.94. The average Bonchev–Trinajstić information content (AvgIpc) is 3.65. The molecule has 13 heteroatoms. The highest BCUT2D eigenvalue weighted by molar-refractivity contribution is 7.99. The molecule has 256 valence electrons. The van der Waals surface area contributed by atoms with Crippen molar-refractivity contribution >= 4 is 52.1 Å². The highest BCUT2D eigenvalue weighted by atomic mass is 32.2. The van der Waals surface area contributed by atoms with Crippen LogP contribution >= 0.6 is 23.5 Å². The van der Waals surface area contributed by atoms with E-state index in [2.05, 4.69) is 74.3 Å². The van der Waals surface area contributed by atoms with Gasteiger partial charge in [-0.05, 0) is 51.5 Å². The number of hydrogen-bond donors (Lipinski definition) is 3. The maximum atomic E-state index is 13.4. The van der Waals surface area contributed by atoms with Crippen molar-refractivity contribution in [2.75, 3.05) is 38.0 Å². The SMILES string of the molecule is CCC(C)C(CN(CC(=O)NC(CCSC)C(=O)OC)Cc1cccc2ccccc12)NC(=O)CSCc1ccc(-c2nn[nH]n2)cc1. The Bertz CT molecular complexity index is 1600. The van der Waals surface area contributed by atoms with Crippen LogP contribution < -0.4 is 10.6 Å². The second-order valence-corrected chi connectivity index (χ2v) is 13.7. The van der Waals surface area contributed by atoms with Gasteiger partial charge in [0, 0.05) is 30.4 Å². The number of carbonyl (C=O) groups is 3. The van der Waals surface area contributed by atoms with Crippen LogP contribution in [-0.4, -0.2) is 93.4 Å². The van der Waals surface area contributed by atoms with E-state index in [0.29, 0.717) is 42.6 Å². The topological polar surface area (TPSA) is 142 Å². The summed E-state index contributed by atoms with van der Waals surface area (Å²) in [6, 6.07) is 21.3. The van der Waals surface area contributed by atoms with Crippen molar-refractivity contribution < 1.29 is 19.1 Å². The number of carbonyl (C=O) groups excluding carboxylic acids is 3. The Morgan fingerprint density at radius 2 is 1.77 bits per heavy atom. The number of rotatable bonds is 19. The molecule has 3 N–H and O–H groups in total. The van der Waals surface area contributed by atoms with Crippen LogP contribution in [0.3, 0.4) is 0 Å². The molecule has 4 rings (SSSR count). The maximum absolute atomic E-state index is 13.4. The first-order valence-corrected chi connectivity index (χ1v) is 18.6. The molecule has 3 unspecified atom stereocenters. The normalized spacial score (nSPS) is 13.2. The third-order valence-electron chi connectivity index (χ3n) is 8.26. The second kappa shape index (κ2) is 19.2. The standard InChI is InChI=1S/C35H45N7O4S2/c1-5-24(2)31(37-33(44)23-48-22-25-13-15-27(16-14-25)34-38-40-41-39-34)20-42(19-28-11-8-10-26-9-6-7-12-29(26)28)21-32(43)36-30(17-18-47-4)35(45)46-3/h6-16,24,30-31H,5,17-23H2,1-4H3,(H,36,43)(H,37,44)(H,38,39,40,41). The summed E-state index contributed by atoms with van der Waals surface area (Å²) in [5, 5.41) is 22.5. The quantitative estimate of drug-likeness (QED) is 0.119. The minimum Gasteiger partial charge on any atom is -0.467 e. The number of nitrogens with zero attached hydrogens (tertiary/aromatic N) is 4. The van der Waals surface area contributed by atoms with E-state index >= 15 is 0 Å². The molecule has 0 spiro atoms. The van der Waals surface area contributed by atoms with E-state index in [1.54, 1.807) is 23.5 Å². The van der Waals surface area contributed by atoms with Gasteiger partial charge < -0.3 is 15.4 Å². The zero-order valence-electron chi connectivity index (χ0n) is 28.0. The number of amides is 2. The van der Waals surface area contributed by atoms with Crippen LogP contribution in [0, 0.1) is 5.92 Å². The lowest BCUT2D eigenvalue weighted by Gasteiger charge is -2.31. The summed E-state index contributed by atoms with van der Waals surface area (Å²) < 4.78 is 4.96. The minimum atomic E-state index is -0.716. The molecule has 0 fully saturated rings. The summed E-state index contributed by atoms with van der Waals surface area (Å²) in [6.07, 6.45) is 3.30. The first-order chi connectivity index (χ1) is 23.3. The monoisotopic (exact) mass is 691 g/mol. The van der Waals surface area contributed by atoms with Crippen molar-refractivity contribution in [3.8, 4) is 11.4 Å². The van der Waals surface area contributed by atoms with E-state index in [1.165, 1.54) is 7.11 Å². The molecule has 0 radical (unpaired) electrons. The van der Waals surface area contributed by atoms with Crippen LogP contribution in [0.2, 0.25) is 0 Å². The van der Waals surface area contributed by atoms with Gasteiger partial charge in [-0.2, -0.15) is 17.0 Å². The van der Waals surface area contributed by atoms with E-state index in [4.69, 9.17) is 4.74 Å². The smallest absolute Gasteiger partial charge is 0.328 e. The van der Waals surface area contributed by atoms with Crippen molar-refractivity contribution in [3.63, 3.8) is 0 Å². The molecule has 11 nitrogen and oxygen atoms in total. The number of aromatic nitrogens is 4. The molecule has 4 aromatic rings. The Morgan fingerprint density at radius 3 is 2.48 bits per heavy atom. The van der Waals surface area contributed by atoms with E-state index in [-0.39, 0.29) is 30.3 Å². The first kappa shape index (κ1) is 36.9. The van der Waals surface area contributed by atoms with Gasteiger partial charge in [-0.3, -0.25) is 14.5 Å². The summed E-state index contributed by atoms with van der Waals surface area (Å²) in [7, 11) is 1.33. The molecule has 3 atom stereocenters. The lowest BCUT2D eigenvalue weighted by molar-refractivity contribution is -0.145. The zero-order chi connectivity index (χ0) is 34.3. The van der Waals surface area contributed by atoms with Crippen LogP contribution in [0.15, 0.2) is 66.7 Å². The summed E-state index contributed by atoms with van der Waals surface area (Å²) in [6.45, 7) is 5.25. The van der Waals surface area contributed by atoms with Crippen molar-refractivity contribution in [3.05, 3.63) is 77.9 Å². The number of thioether (sulfide) groups is 2. The minimum absolute atomic E-state index is 0.0499. The molecule has 0 aliphatic heterocycles. The lowest BCUT2D eigenvalue weighted by Crippen LogP contribution is -2.51. The second-order valence-electron chi connectivity index (χ2n) is 11.7. The Kier molecular flexibility index (Phi) is 14.7. The number of fused-ring (bicyclic) bond motifs is 1. The molecule has 0 bridgehead atoms. The predicted octanol–water partition coefficient (Wildman–Crippen LogP) is 4.70. The molecule has 0 aliphatic rings. The Balaban J connectivity index is 1.44. The van der Waals surface area contributed by atoms with Gasteiger partial charge in [0.05, 0.1) is 19.4 Å². The Labute approximate surface area is 290 Å². The third kappa shape index (κ3) is 11.1. The molecule has 3 aromatic carbocycles. The zero-order valence-corrected chi connectivity index (χ0v) is 29.6. The van der Waals surface area contributed by atoms with E-state index < -0.39 is 12.0 Å². The summed E-state index contributed by atoms with van der Waals surface area (Å²) in [4.78, 5) is 41.2. The van der Waals surface area contributed by atoms with Gasteiger partial charge in [0.25, 0.3) is 0 Å². The highest BCUT2D eigenvalue weighted by Crippen LogP contribution is 2.22.